The number of aldehydes is 1. The molecule has 0 saturated heterocycles. The first-order valence-electron chi connectivity index (χ1n) is 5.63. The molecule has 4 heteroatoms. The number of benzene rings is 1. The predicted molar refractivity (Wildman–Crippen MR) is 66.7 cm³/mol. The molecule has 0 heterocycles. The van der Waals surface area contributed by atoms with Crippen LogP contribution in [0.2, 0.25) is 0 Å². The second-order valence-corrected chi connectivity index (χ2v) is 4.99. The number of carbonyl (C=O) groups excluding carboxylic acids is 3. The van der Waals surface area contributed by atoms with Gasteiger partial charge in [0.05, 0.1) is 0 Å². The van der Waals surface area contributed by atoms with Gasteiger partial charge >= 0.3 is 0 Å². The summed E-state index contributed by atoms with van der Waals surface area (Å²) in [5.74, 6) is -0.805. The van der Waals surface area contributed by atoms with Gasteiger partial charge < -0.3 is 5.11 Å². The molecule has 0 aromatic heterocycles. The van der Waals surface area contributed by atoms with E-state index in [0.717, 1.165) is 0 Å². The van der Waals surface area contributed by atoms with Crippen molar-refractivity contribution < 1.29 is 19.5 Å². The minimum absolute atomic E-state index is 0.0916. The zero-order valence-corrected chi connectivity index (χ0v) is 10.5. The summed E-state index contributed by atoms with van der Waals surface area (Å²) in [6, 6.07) is 6.06. The number of aliphatic hydroxyl groups excluding tert-OH is 1. The van der Waals surface area contributed by atoms with E-state index in [0.29, 0.717) is 5.56 Å². The molecule has 0 saturated carbocycles. The molecule has 0 spiro atoms. The Labute approximate surface area is 106 Å². The van der Waals surface area contributed by atoms with E-state index in [4.69, 9.17) is 5.11 Å². The predicted octanol–water partition coefficient (Wildman–Crippen LogP) is 1.66. The van der Waals surface area contributed by atoms with E-state index in [2.05, 4.69) is 0 Å². The minimum Gasteiger partial charge on any atom is -0.396 e. The molecule has 0 bridgehead atoms. The number of aliphatic hydroxyl groups is 1. The first kappa shape index (κ1) is 14.3. The normalized spacial score (nSPS) is 11.1. The lowest BCUT2D eigenvalue weighted by Gasteiger charge is -2.20. The third kappa shape index (κ3) is 3.60. The average Bonchev–Trinajstić information content (AvgIpc) is 2.37. The largest absolute Gasteiger partial charge is 0.396 e. The summed E-state index contributed by atoms with van der Waals surface area (Å²) >= 11 is 0. The third-order valence-corrected chi connectivity index (χ3v) is 2.64. The zero-order valence-electron chi connectivity index (χ0n) is 10.5. The Kier molecular flexibility index (Phi) is 4.50. The molecule has 0 aliphatic carbocycles. The van der Waals surface area contributed by atoms with Crippen LogP contribution in [0, 0.1) is 5.41 Å². The van der Waals surface area contributed by atoms with Gasteiger partial charge in [-0.3, -0.25) is 14.4 Å². The Morgan fingerprint density at radius 2 is 1.89 bits per heavy atom. The second-order valence-electron chi connectivity index (χ2n) is 4.99. The maximum atomic E-state index is 12.0. The van der Waals surface area contributed by atoms with Crippen molar-refractivity contribution in [1.82, 2.24) is 0 Å². The van der Waals surface area contributed by atoms with Gasteiger partial charge in [-0.2, -0.15) is 0 Å². The molecule has 0 amide bonds. The van der Waals surface area contributed by atoms with Crippen LogP contribution >= 0.6 is 0 Å². The zero-order chi connectivity index (χ0) is 13.8. The van der Waals surface area contributed by atoms with E-state index in [9.17, 15) is 14.4 Å². The van der Waals surface area contributed by atoms with Gasteiger partial charge in [0.2, 0.25) is 5.78 Å². The highest BCUT2D eigenvalue weighted by atomic mass is 16.3. The van der Waals surface area contributed by atoms with E-state index in [1.807, 2.05) is 0 Å². The number of rotatable bonds is 6. The Morgan fingerprint density at radius 3 is 2.44 bits per heavy atom. The molecule has 1 rings (SSSR count). The molecule has 0 radical (unpaired) electrons. The fraction of sp³-hybridized carbons (Fsp3) is 0.357. The van der Waals surface area contributed by atoms with Gasteiger partial charge in [0, 0.05) is 24.2 Å². The number of ketones is 2. The summed E-state index contributed by atoms with van der Waals surface area (Å²) in [4.78, 5) is 33.6. The molecule has 0 aliphatic rings. The summed E-state index contributed by atoms with van der Waals surface area (Å²) in [6.45, 7) is 3.47. The first-order valence-corrected chi connectivity index (χ1v) is 5.63. The number of hydrogen-bond acceptors (Lipinski definition) is 4. The molecule has 4 nitrogen and oxygen atoms in total. The Bertz CT molecular complexity index is 474. The summed E-state index contributed by atoms with van der Waals surface area (Å²) in [5, 5.41) is 9.12. The van der Waals surface area contributed by atoms with Crippen molar-refractivity contribution in [2.75, 3.05) is 6.61 Å². The Hall–Kier alpha value is -1.81. The first-order chi connectivity index (χ1) is 8.39. The van der Waals surface area contributed by atoms with Crippen molar-refractivity contribution in [1.29, 1.82) is 0 Å². The van der Waals surface area contributed by atoms with Crippen LogP contribution in [0.25, 0.3) is 0 Å². The SMILES string of the molecule is CC(C)(CO)CC(=O)c1cccc(C(=O)C=O)c1. The molecule has 96 valence electrons. The maximum Gasteiger partial charge on any atom is 0.225 e. The van der Waals surface area contributed by atoms with Crippen molar-refractivity contribution in [3.05, 3.63) is 35.4 Å². The molecular formula is C14H16O4. The van der Waals surface area contributed by atoms with Gasteiger partial charge in [-0.25, -0.2) is 0 Å². The average molecular weight is 248 g/mol. The molecule has 0 atom stereocenters. The van der Waals surface area contributed by atoms with E-state index < -0.39 is 11.2 Å². The summed E-state index contributed by atoms with van der Waals surface area (Å²) in [7, 11) is 0. The highest BCUT2D eigenvalue weighted by Crippen LogP contribution is 2.22. The molecular weight excluding hydrogens is 232 g/mol. The van der Waals surface area contributed by atoms with Crippen LogP contribution in [0.15, 0.2) is 24.3 Å². The quantitative estimate of drug-likeness (QED) is 0.472. The van der Waals surface area contributed by atoms with Gasteiger partial charge in [-0.15, -0.1) is 0 Å². The molecule has 1 N–H and O–H groups in total. The van der Waals surface area contributed by atoms with Crippen LogP contribution in [-0.4, -0.2) is 29.6 Å². The smallest absolute Gasteiger partial charge is 0.225 e. The van der Waals surface area contributed by atoms with Crippen LogP contribution in [0.4, 0.5) is 0 Å². The lowest BCUT2D eigenvalue weighted by molar-refractivity contribution is -0.104. The van der Waals surface area contributed by atoms with Gasteiger partial charge in [0.15, 0.2) is 12.1 Å². The summed E-state index contributed by atoms with van der Waals surface area (Å²) < 4.78 is 0. The van der Waals surface area contributed by atoms with Gasteiger partial charge in [-0.05, 0) is 11.5 Å². The Balaban J connectivity index is 2.94. The van der Waals surface area contributed by atoms with Crippen molar-refractivity contribution in [3.8, 4) is 0 Å². The van der Waals surface area contributed by atoms with Crippen LogP contribution in [0.1, 0.15) is 41.0 Å². The lowest BCUT2D eigenvalue weighted by Crippen LogP contribution is -2.21. The Morgan fingerprint density at radius 1 is 1.28 bits per heavy atom. The molecule has 0 aliphatic heterocycles. The van der Waals surface area contributed by atoms with Gasteiger partial charge in [0.25, 0.3) is 0 Å². The van der Waals surface area contributed by atoms with Crippen LogP contribution < -0.4 is 0 Å². The van der Waals surface area contributed by atoms with Crippen molar-refractivity contribution in [3.63, 3.8) is 0 Å². The van der Waals surface area contributed by atoms with E-state index >= 15 is 0 Å². The van der Waals surface area contributed by atoms with Crippen LogP contribution in [0.3, 0.4) is 0 Å². The molecule has 18 heavy (non-hydrogen) atoms. The molecule has 1 aromatic rings. The van der Waals surface area contributed by atoms with E-state index in [1.54, 1.807) is 26.0 Å². The van der Waals surface area contributed by atoms with Crippen LogP contribution in [0.5, 0.6) is 0 Å². The highest BCUT2D eigenvalue weighted by Gasteiger charge is 2.22. The minimum atomic E-state index is -0.647. The number of carbonyl (C=O) groups is 3. The third-order valence-electron chi connectivity index (χ3n) is 2.64. The van der Waals surface area contributed by atoms with Gasteiger partial charge in [0.1, 0.15) is 0 Å². The number of Topliss-reactive ketones (excluding diaryl/α,β-unsaturated/α-hetero) is 2. The van der Waals surface area contributed by atoms with E-state index in [1.165, 1.54) is 12.1 Å². The molecule has 1 aromatic carbocycles. The molecule has 0 fully saturated rings. The van der Waals surface area contributed by atoms with Crippen LogP contribution in [-0.2, 0) is 4.79 Å². The summed E-state index contributed by atoms with van der Waals surface area (Å²) in [6.07, 6.45) is 0.406. The van der Waals surface area contributed by atoms with Gasteiger partial charge in [-0.1, -0.05) is 32.0 Å². The van der Waals surface area contributed by atoms with Crippen molar-refractivity contribution in [2.45, 2.75) is 20.3 Å². The fourth-order valence-electron chi connectivity index (χ4n) is 1.51. The highest BCUT2D eigenvalue weighted by molar-refractivity contribution is 6.33. The standard InChI is InChI=1S/C14H16O4/c1-14(2,9-16)7-12(17)10-4-3-5-11(6-10)13(18)8-15/h3-6,8,16H,7,9H2,1-2H3. The summed E-state index contributed by atoms with van der Waals surface area (Å²) in [5.41, 5.74) is 0.0868. The fourth-order valence-corrected chi connectivity index (χ4v) is 1.51. The van der Waals surface area contributed by atoms with Crippen molar-refractivity contribution in [2.24, 2.45) is 5.41 Å². The monoisotopic (exact) mass is 248 g/mol. The molecule has 0 unspecified atom stereocenters. The topological polar surface area (TPSA) is 71.4 Å². The number of hydrogen-bond donors (Lipinski definition) is 1. The maximum absolute atomic E-state index is 12.0. The van der Waals surface area contributed by atoms with E-state index in [-0.39, 0.29) is 30.7 Å². The lowest BCUT2D eigenvalue weighted by atomic mass is 9.86. The second kappa shape index (κ2) is 5.69. The van der Waals surface area contributed by atoms with Crippen molar-refractivity contribution >= 4 is 17.9 Å².